The molecule has 0 aliphatic rings. The Morgan fingerprint density at radius 1 is 0.431 bits per heavy atom. The Balaban J connectivity index is 2.36. The number of benzene rings is 2. The molecule has 6 amide bonds. The summed E-state index contributed by atoms with van der Waals surface area (Å²) in [5.41, 5.74) is 1.66. The number of ether oxygens (including phenoxy) is 2. The number of hydrogen-bond acceptors (Lipinski definition) is 16. The molecule has 10 N–H and O–H groups in total. The van der Waals surface area contributed by atoms with Crippen LogP contribution in [0.4, 0.5) is 21.0 Å². The molecule has 0 fully saturated rings. The van der Waals surface area contributed by atoms with Gasteiger partial charge < -0.3 is 69.9 Å². The van der Waals surface area contributed by atoms with Crippen molar-refractivity contribution in [1.82, 2.24) is 19.6 Å². The van der Waals surface area contributed by atoms with E-state index in [1.807, 2.05) is 0 Å². The van der Waals surface area contributed by atoms with Crippen LogP contribution in [0.2, 0.25) is 0 Å². The number of anilines is 2. The van der Waals surface area contributed by atoms with Gasteiger partial charge in [0.25, 0.3) is 23.6 Å². The van der Waals surface area contributed by atoms with Crippen molar-refractivity contribution >= 4 is 47.2 Å². The van der Waals surface area contributed by atoms with Crippen molar-refractivity contribution in [1.29, 1.82) is 0 Å². The Kier molecular flexibility index (Phi) is 21.7. The molecule has 22 nitrogen and oxygen atoms in total. The van der Waals surface area contributed by atoms with Crippen LogP contribution in [0.5, 0.6) is 0 Å². The van der Waals surface area contributed by atoms with E-state index in [1.54, 1.807) is 0 Å². The number of amides is 6. The first-order valence-electron chi connectivity index (χ1n) is 20.7. The first-order chi connectivity index (χ1) is 30.4. The van der Waals surface area contributed by atoms with Crippen LogP contribution in [0.15, 0.2) is 0 Å². The average molecular weight is 923 g/mol. The lowest BCUT2D eigenvalue weighted by molar-refractivity contribution is 0.0510. The summed E-state index contributed by atoms with van der Waals surface area (Å²) in [6.45, 7) is 5.14. The fourth-order valence-electron chi connectivity index (χ4n) is 7.35. The zero-order valence-electron chi connectivity index (χ0n) is 38.7. The van der Waals surface area contributed by atoms with E-state index < -0.39 is 86.7 Å². The molecule has 22 heteroatoms. The Bertz CT molecular complexity index is 1790. The van der Waals surface area contributed by atoms with Crippen molar-refractivity contribution in [2.24, 2.45) is 0 Å². The standard InChI is InChI=1S/C43H66N6O16/c1-22-32(38(58)46(7)14-28(54)18-50)24(3)36(25(4)33(22)39(59)47(8)15-29(55)19-51)44-42(62)64-12-11-13-65-43(63)45-37-26(5)34(40(60)48(9)16-30(56)20-52)23(2)35(27(37)6)41(61)49(10)17-31(57)21-53/h28-31,50-57H,11-21H2,1-10H3,(H,44,62)(H,45,63). The zero-order valence-corrected chi connectivity index (χ0v) is 38.7. The molecule has 0 bridgehead atoms. The quantitative estimate of drug-likeness (QED) is 0.0661. The summed E-state index contributed by atoms with van der Waals surface area (Å²) in [7, 11) is 5.54. The zero-order chi connectivity index (χ0) is 49.6. The van der Waals surface area contributed by atoms with Gasteiger partial charge in [-0.1, -0.05) is 0 Å². The number of nitrogens with zero attached hydrogens (tertiary/aromatic N) is 4. The summed E-state index contributed by atoms with van der Waals surface area (Å²) >= 11 is 0. The highest BCUT2D eigenvalue weighted by Gasteiger charge is 2.32. The Morgan fingerprint density at radius 3 is 0.846 bits per heavy atom. The van der Waals surface area contributed by atoms with Gasteiger partial charge in [0.05, 0.1) is 75.4 Å². The smallest absolute Gasteiger partial charge is 0.411 e. The predicted octanol–water partition coefficient (Wildman–Crippen LogP) is -0.575. The van der Waals surface area contributed by atoms with E-state index in [0.29, 0.717) is 0 Å². The number of hydrogen-bond donors (Lipinski definition) is 10. The summed E-state index contributed by atoms with van der Waals surface area (Å²) in [6, 6.07) is 0. The van der Waals surface area contributed by atoms with E-state index in [-0.39, 0.29) is 113 Å². The van der Waals surface area contributed by atoms with Crippen LogP contribution in [0.25, 0.3) is 0 Å². The molecule has 0 aromatic heterocycles. The molecule has 2 rings (SSSR count). The summed E-state index contributed by atoms with van der Waals surface area (Å²) < 4.78 is 10.7. The van der Waals surface area contributed by atoms with Gasteiger partial charge in [0.15, 0.2) is 0 Å². The molecule has 0 radical (unpaired) electrons. The van der Waals surface area contributed by atoms with E-state index in [2.05, 4.69) is 10.6 Å². The second kappa shape index (κ2) is 25.3. The second-order valence-corrected chi connectivity index (χ2v) is 16.0. The number of rotatable bonds is 22. The second-order valence-electron chi connectivity index (χ2n) is 16.0. The molecule has 364 valence electrons. The van der Waals surface area contributed by atoms with Gasteiger partial charge in [-0.05, 0) is 74.9 Å². The summed E-state index contributed by atoms with van der Waals surface area (Å²) in [6.07, 6.45) is -7.05. The SMILES string of the molecule is Cc1c(NC(=O)OCCCOC(=O)Nc2c(C)c(C(=O)N(C)CC(O)CO)c(C)c(C(=O)N(C)CC(O)CO)c2C)c(C)c(C(=O)N(C)CC(O)CO)c(C)c1C(=O)N(C)CC(O)CO. The minimum atomic E-state index is -1.26. The number of carbonyl (C=O) groups excluding carboxylic acids is 6. The number of aliphatic hydroxyl groups is 8. The molecule has 0 spiro atoms. The van der Waals surface area contributed by atoms with Crippen molar-refractivity contribution < 1.29 is 79.1 Å². The van der Waals surface area contributed by atoms with E-state index in [1.165, 1.54) is 69.7 Å². The van der Waals surface area contributed by atoms with Crippen LogP contribution >= 0.6 is 0 Å². The highest BCUT2D eigenvalue weighted by atomic mass is 16.6. The minimum Gasteiger partial charge on any atom is -0.449 e. The number of likely N-dealkylation sites (N-methyl/N-ethyl adjacent to an activating group) is 4. The normalized spacial score (nSPS) is 13.0. The fourth-order valence-corrected chi connectivity index (χ4v) is 7.35. The van der Waals surface area contributed by atoms with E-state index in [4.69, 9.17) is 9.47 Å². The van der Waals surface area contributed by atoms with Gasteiger partial charge in [0.2, 0.25) is 0 Å². The van der Waals surface area contributed by atoms with Crippen LogP contribution in [0.1, 0.15) is 81.2 Å². The summed E-state index contributed by atoms with van der Waals surface area (Å²) in [5.74, 6) is -2.54. The predicted molar refractivity (Wildman–Crippen MR) is 236 cm³/mol. The van der Waals surface area contributed by atoms with Crippen molar-refractivity contribution in [3.05, 3.63) is 55.6 Å². The molecule has 4 atom stereocenters. The van der Waals surface area contributed by atoms with Gasteiger partial charge in [0.1, 0.15) is 0 Å². The lowest BCUT2D eigenvalue weighted by atomic mass is 9.89. The molecule has 4 unspecified atom stereocenters. The van der Waals surface area contributed by atoms with Gasteiger partial charge in [-0.15, -0.1) is 0 Å². The maximum atomic E-state index is 13.7. The van der Waals surface area contributed by atoms with E-state index in [9.17, 15) is 69.6 Å². The highest BCUT2D eigenvalue weighted by Crippen LogP contribution is 2.35. The van der Waals surface area contributed by atoms with Crippen molar-refractivity contribution in [3.8, 4) is 0 Å². The van der Waals surface area contributed by atoms with Crippen LogP contribution in [0, 0.1) is 41.5 Å². The largest absolute Gasteiger partial charge is 0.449 e. The van der Waals surface area contributed by atoms with Crippen LogP contribution in [0.3, 0.4) is 0 Å². The first-order valence-corrected chi connectivity index (χ1v) is 20.7. The van der Waals surface area contributed by atoms with E-state index in [0.717, 1.165) is 19.6 Å². The maximum Gasteiger partial charge on any atom is 0.411 e. The molecule has 0 aliphatic heterocycles. The van der Waals surface area contributed by atoms with Gasteiger partial charge in [-0.25, -0.2) is 9.59 Å². The topological polar surface area (TPSA) is 320 Å². The highest BCUT2D eigenvalue weighted by molar-refractivity contribution is 6.08. The molecular formula is C43H66N6O16. The van der Waals surface area contributed by atoms with Crippen LogP contribution in [-0.2, 0) is 9.47 Å². The number of aliphatic hydroxyl groups excluding tert-OH is 8. The van der Waals surface area contributed by atoms with Crippen LogP contribution < -0.4 is 10.6 Å². The van der Waals surface area contributed by atoms with Gasteiger partial charge in [0, 0.05) is 83.0 Å². The molecule has 0 saturated heterocycles. The molecule has 0 heterocycles. The van der Waals surface area contributed by atoms with Gasteiger partial charge >= 0.3 is 12.2 Å². The Morgan fingerprint density at radius 2 is 0.646 bits per heavy atom. The molecule has 65 heavy (non-hydrogen) atoms. The summed E-state index contributed by atoms with van der Waals surface area (Å²) in [4.78, 5) is 85.9. The van der Waals surface area contributed by atoms with Crippen molar-refractivity contribution in [2.75, 3.05) is 105 Å². The third kappa shape index (κ3) is 14.3. The van der Waals surface area contributed by atoms with Crippen LogP contribution in [-0.4, -0.2) is 215 Å². The fraction of sp³-hybridized carbons (Fsp3) is 0.581. The molecule has 2 aromatic carbocycles. The third-order valence-electron chi connectivity index (χ3n) is 10.7. The summed E-state index contributed by atoms with van der Waals surface area (Å²) in [5, 5.41) is 82.5. The van der Waals surface area contributed by atoms with Crippen molar-refractivity contribution in [3.63, 3.8) is 0 Å². The lowest BCUT2D eigenvalue weighted by Crippen LogP contribution is -2.38. The number of nitrogens with one attached hydrogen (secondary N) is 2. The molecule has 0 aliphatic carbocycles. The monoisotopic (exact) mass is 922 g/mol. The molecule has 0 saturated carbocycles. The number of carbonyl (C=O) groups is 6. The van der Waals surface area contributed by atoms with E-state index >= 15 is 0 Å². The third-order valence-corrected chi connectivity index (χ3v) is 10.7. The Labute approximate surface area is 377 Å². The van der Waals surface area contributed by atoms with Gasteiger partial charge in [-0.2, -0.15) is 0 Å². The van der Waals surface area contributed by atoms with Crippen molar-refractivity contribution in [2.45, 2.75) is 72.4 Å². The molecule has 2 aromatic rings. The van der Waals surface area contributed by atoms with Gasteiger partial charge in [-0.3, -0.25) is 29.8 Å². The lowest BCUT2D eigenvalue weighted by Gasteiger charge is -2.27. The Hall–Kier alpha value is -5.46. The first kappa shape index (κ1) is 55.7. The maximum absolute atomic E-state index is 13.7. The average Bonchev–Trinajstić information content (AvgIpc) is 3.25. The minimum absolute atomic E-state index is 0.0180. The molecular weight excluding hydrogens is 856 g/mol.